The van der Waals surface area contributed by atoms with Gasteiger partial charge in [-0.25, -0.2) is 0 Å². The molecule has 0 spiro atoms. The molecule has 2 aromatic carbocycles. The van der Waals surface area contributed by atoms with Gasteiger partial charge in [-0.1, -0.05) is 30.3 Å². The molecule has 2 rings (SSSR count). The first-order chi connectivity index (χ1) is 10.2. The highest BCUT2D eigenvalue weighted by molar-refractivity contribution is 5.51. The molecule has 0 bridgehead atoms. The summed E-state index contributed by atoms with van der Waals surface area (Å²) in [7, 11) is 3.20. The average molecular weight is 287 g/mol. The van der Waals surface area contributed by atoms with Crippen molar-refractivity contribution in [2.75, 3.05) is 20.8 Å². The lowest BCUT2D eigenvalue weighted by Gasteiger charge is -2.18. The third kappa shape index (κ3) is 3.47. The van der Waals surface area contributed by atoms with Crippen LogP contribution in [-0.4, -0.2) is 20.8 Å². The van der Waals surface area contributed by atoms with E-state index < -0.39 is 0 Å². The van der Waals surface area contributed by atoms with Crippen LogP contribution < -0.4 is 19.9 Å². The topological polar surface area (TPSA) is 53.7 Å². The number of para-hydroxylation sites is 1. The fourth-order valence-corrected chi connectivity index (χ4v) is 2.23. The van der Waals surface area contributed by atoms with Gasteiger partial charge in [0.25, 0.3) is 0 Å². The molecule has 1 unspecified atom stereocenters. The van der Waals surface area contributed by atoms with Crippen LogP contribution in [0.4, 0.5) is 0 Å². The first-order valence-electron chi connectivity index (χ1n) is 6.82. The molecule has 0 amide bonds. The van der Waals surface area contributed by atoms with E-state index in [-0.39, 0.29) is 6.04 Å². The van der Waals surface area contributed by atoms with Crippen molar-refractivity contribution < 1.29 is 14.2 Å². The Morgan fingerprint density at radius 3 is 2.14 bits per heavy atom. The maximum atomic E-state index is 6.22. The van der Waals surface area contributed by atoms with Crippen molar-refractivity contribution in [3.05, 3.63) is 53.6 Å². The Hall–Kier alpha value is -2.20. The summed E-state index contributed by atoms with van der Waals surface area (Å²) in [6, 6.07) is 13.3. The molecule has 0 radical (unpaired) electrons. The van der Waals surface area contributed by atoms with Gasteiger partial charge >= 0.3 is 0 Å². The second-order valence-corrected chi connectivity index (χ2v) is 4.77. The van der Waals surface area contributed by atoms with Crippen LogP contribution in [0, 0.1) is 6.92 Å². The maximum Gasteiger partial charge on any atom is 0.203 e. The number of hydrogen-bond acceptors (Lipinski definition) is 4. The summed E-state index contributed by atoms with van der Waals surface area (Å²) in [5.74, 6) is 1.84. The van der Waals surface area contributed by atoms with E-state index in [9.17, 15) is 0 Å². The van der Waals surface area contributed by atoms with E-state index in [4.69, 9.17) is 19.9 Å². The van der Waals surface area contributed by atoms with Gasteiger partial charge in [0.1, 0.15) is 6.61 Å². The van der Waals surface area contributed by atoms with Gasteiger partial charge in [-0.05, 0) is 30.2 Å². The molecule has 21 heavy (non-hydrogen) atoms. The summed E-state index contributed by atoms with van der Waals surface area (Å²) in [5, 5.41) is 0. The van der Waals surface area contributed by atoms with Gasteiger partial charge in [-0.2, -0.15) is 0 Å². The maximum absolute atomic E-state index is 6.22. The Labute approximate surface area is 125 Å². The minimum Gasteiger partial charge on any atom is -0.493 e. The highest BCUT2D eigenvalue weighted by Crippen LogP contribution is 2.37. The van der Waals surface area contributed by atoms with Crippen LogP contribution in [0.25, 0.3) is 0 Å². The minimum absolute atomic E-state index is 0.208. The summed E-state index contributed by atoms with van der Waals surface area (Å²) >= 11 is 0. The third-order valence-corrected chi connectivity index (χ3v) is 3.38. The van der Waals surface area contributed by atoms with E-state index >= 15 is 0 Å². The van der Waals surface area contributed by atoms with Gasteiger partial charge in [0.05, 0.1) is 20.3 Å². The molecule has 0 aliphatic carbocycles. The number of rotatable bonds is 6. The highest BCUT2D eigenvalue weighted by atomic mass is 16.5. The Morgan fingerprint density at radius 1 is 0.952 bits per heavy atom. The Bertz CT molecular complexity index is 576. The quantitative estimate of drug-likeness (QED) is 0.887. The van der Waals surface area contributed by atoms with E-state index in [2.05, 4.69) is 0 Å². The molecule has 2 aromatic rings. The first kappa shape index (κ1) is 15.2. The molecule has 112 valence electrons. The van der Waals surface area contributed by atoms with Crippen LogP contribution >= 0.6 is 0 Å². The lowest BCUT2D eigenvalue weighted by molar-refractivity contribution is 0.257. The average Bonchev–Trinajstić information content (AvgIpc) is 2.52. The predicted octanol–water partition coefficient (Wildman–Crippen LogP) is 3.09. The summed E-state index contributed by atoms with van der Waals surface area (Å²) < 4.78 is 16.5. The summed E-state index contributed by atoms with van der Waals surface area (Å²) in [4.78, 5) is 0. The predicted molar refractivity (Wildman–Crippen MR) is 83.1 cm³/mol. The van der Waals surface area contributed by atoms with Crippen LogP contribution in [0.2, 0.25) is 0 Å². The largest absolute Gasteiger partial charge is 0.493 e. The van der Waals surface area contributed by atoms with Crippen LogP contribution in [0.5, 0.6) is 17.2 Å². The lowest BCUT2D eigenvalue weighted by atomic mass is 10.0. The number of ether oxygens (including phenoxy) is 3. The molecule has 0 aromatic heterocycles. The van der Waals surface area contributed by atoms with Crippen LogP contribution in [0.1, 0.15) is 17.2 Å². The molecule has 0 saturated carbocycles. The molecule has 2 N–H and O–H groups in total. The van der Waals surface area contributed by atoms with Crippen molar-refractivity contribution in [2.45, 2.75) is 13.0 Å². The Balaban J connectivity index is 2.15. The van der Waals surface area contributed by atoms with Crippen LogP contribution in [0.15, 0.2) is 42.5 Å². The van der Waals surface area contributed by atoms with Crippen molar-refractivity contribution in [3.63, 3.8) is 0 Å². The molecule has 1 atom stereocenters. The molecule has 0 aliphatic heterocycles. The summed E-state index contributed by atoms with van der Waals surface area (Å²) in [6.45, 7) is 2.39. The van der Waals surface area contributed by atoms with Gasteiger partial charge in [0, 0.05) is 0 Å². The fourth-order valence-electron chi connectivity index (χ4n) is 2.23. The van der Waals surface area contributed by atoms with Crippen molar-refractivity contribution in [3.8, 4) is 17.2 Å². The molecule has 4 nitrogen and oxygen atoms in total. The highest BCUT2D eigenvalue weighted by Gasteiger charge is 2.14. The smallest absolute Gasteiger partial charge is 0.203 e. The molecular formula is C17H21NO3. The van der Waals surface area contributed by atoms with E-state index in [1.54, 1.807) is 14.2 Å². The van der Waals surface area contributed by atoms with E-state index in [0.717, 1.165) is 11.1 Å². The Morgan fingerprint density at radius 2 is 1.57 bits per heavy atom. The van der Waals surface area contributed by atoms with E-state index in [0.29, 0.717) is 23.9 Å². The van der Waals surface area contributed by atoms with Crippen molar-refractivity contribution in [2.24, 2.45) is 5.73 Å². The van der Waals surface area contributed by atoms with Gasteiger partial charge in [0.2, 0.25) is 5.75 Å². The van der Waals surface area contributed by atoms with Crippen LogP contribution in [0.3, 0.4) is 0 Å². The molecule has 0 saturated heterocycles. The first-order valence-corrected chi connectivity index (χ1v) is 6.82. The monoisotopic (exact) mass is 287 g/mol. The van der Waals surface area contributed by atoms with Gasteiger partial charge in [-0.15, -0.1) is 0 Å². The molecule has 0 heterocycles. The summed E-state index contributed by atoms with van der Waals surface area (Å²) in [6.07, 6.45) is 0. The molecule has 0 aliphatic rings. The number of hydrogen-bond donors (Lipinski definition) is 1. The Kier molecular flexibility index (Phi) is 5.06. The minimum atomic E-state index is -0.208. The number of aryl methyl sites for hydroxylation is 1. The van der Waals surface area contributed by atoms with Crippen molar-refractivity contribution in [1.29, 1.82) is 0 Å². The molecule has 4 heteroatoms. The third-order valence-electron chi connectivity index (χ3n) is 3.38. The van der Waals surface area contributed by atoms with Crippen molar-refractivity contribution >= 4 is 0 Å². The standard InChI is InChI=1S/C17H21NO3/c1-12-7-4-5-8-13(12)14(18)11-21-17-15(19-2)9-6-10-16(17)20-3/h4-10,14H,11,18H2,1-3H3. The molecule has 0 fully saturated rings. The van der Waals surface area contributed by atoms with Gasteiger partial charge in [-0.3, -0.25) is 0 Å². The van der Waals surface area contributed by atoms with Crippen LogP contribution in [-0.2, 0) is 0 Å². The van der Waals surface area contributed by atoms with Gasteiger partial charge < -0.3 is 19.9 Å². The number of nitrogens with two attached hydrogens (primary N) is 1. The summed E-state index contributed by atoms with van der Waals surface area (Å²) in [5.41, 5.74) is 8.45. The zero-order valence-electron chi connectivity index (χ0n) is 12.6. The zero-order valence-corrected chi connectivity index (χ0v) is 12.6. The number of benzene rings is 2. The van der Waals surface area contributed by atoms with Gasteiger partial charge in [0.15, 0.2) is 11.5 Å². The van der Waals surface area contributed by atoms with E-state index in [1.165, 1.54) is 0 Å². The second kappa shape index (κ2) is 6.99. The SMILES string of the molecule is COc1cccc(OC)c1OCC(N)c1ccccc1C. The van der Waals surface area contributed by atoms with E-state index in [1.807, 2.05) is 49.4 Å². The normalized spacial score (nSPS) is 11.8. The number of methoxy groups -OCH3 is 2. The second-order valence-electron chi connectivity index (χ2n) is 4.77. The lowest BCUT2D eigenvalue weighted by Crippen LogP contribution is -2.20. The fraction of sp³-hybridized carbons (Fsp3) is 0.294. The van der Waals surface area contributed by atoms with Crippen molar-refractivity contribution in [1.82, 2.24) is 0 Å². The molecular weight excluding hydrogens is 266 g/mol. The zero-order chi connectivity index (χ0) is 15.2.